The first-order valence-corrected chi connectivity index (χ1v) is 9.29. The number of ether oxygens (including phenoxy) is 2. The van der Waals surface area contributed by atoms with Crippen molar-refractivity contribution in [1.29, 1.82) is 0 Å². The normalized spacial score (nSPS) is 28.8. The van der Waals surface area contributed by atoms with Gasteiger partial charge in [-0.05, 0) is 43.4 Å². The summed E-state index contributed by atoms with van der Waals surface area (Å²) in [5.74, 6) is 1.79. The van der Waals surface area contributed by atoms with Crippen molar-refractivity contribution in [3.8, 4) is 0 Å². The van der Waals surface area contributed by atoms with Gasteiger partial charge in [0.2, 0.25) is 0 Å². The summed E-state index contributed by atoms with van der Waals surface area (Å²) in [6, 6.07) is 0. The monoisotopic (exact) mass is 346 g/mol. The largest absolute Gasteiger partial charge is 0.449 e. The first-order valence-electron chi connectivity index (χ1n) is 8.14. The molecule has 3 N–H and O–H groups in total. The lowest BCUT2D eigenvalue weighted by atomic mass is 10.1. The van der Waals surface area contributed by atoms with Crippen molar-refractivity contribution in [2.24, 2.45) is 17.8 Å². The van der Waals surface area contributed by atoms with Crippen LogP contribution in [-0.4, -0.2) is 48.4 Å². The Morgan fingerprint density at radius 1 is 1.22 bits per heavy atom. The maximum atomic E-state index is 11.6. The molecule has 4 atom stereocenters. The second kappa shape index (κ2) is 10.0. The van der Waals surface area contributed by atoms with Crippen molar-refractivity contribution in [1.82, 2.24) is 9.44 Å². The lowest BCUT2D eigenvalue weighted by Crippen LogP contribution is -2.37. The van der Waals surface area contributed by atoms with Crippen molar-refractivity contribution >= 4 is 17.3 Å². The SMILES string of the molecule is O=C(NS(=O)NCCOCCO)OCC1[C@H]2CC/C=C\CC[C@@H]12. The average Bonchev–Trinajstić information content (AvgIpc) is 3.14. The van der Waals surface area contributed by atoms with Crippen LogP contribution in [0.25, 0.3) is 0 Å². The molecule has 8 heteroatoms. The summed E-state index contributed by atoms with van der Waals surface area (Å²) in [6.07, 6.45) is 8.35. The third-order valence-electron chi connectivity index (χ3n) is 4.31. The number of aliphatic hydroxyl groups is 1. The van der Waals surface area contributed by atoms with E-state index in [-0.39, 0.29) is 13.2 Å². The van der Waals surface area contributed by atoms with E-state index >= 15 is 0 Å². The van der Waals surface area contributed by atoms with Crippen molar-refractivity contribution in [2.45, 2.75) is 25.7 Å². The minimum absolute atomic E-state index is 0.0487. The molecule has 2 aliphatic rings. The fourth-order valence-corrected chi connectivity index (χ4v) is 3.68. The number of rotatable bonds is 9. The van der Waals surface area contributed by atoms with Gasteiger partial charge in [0.25, 0.3) is 0 Å². The second-order valence-corrected chi connectivity index (χ2v) is 6.85. The van der Waals surface area contributed by atoms with E-state index < -0.39 is 17.3 Å². The third-order valence-corrected chi connectivity index (χ3v) is 5.13. The Balaban J connectivity index is 1.54. The highest BCUT2D eigenvalue weighted by Crippen LogP contribution is 2.52. The smallest absolute Gasteiger partial charge is 0.420 e. The van der Waals surface area contributed by atoms with E-state index in [2.05, 4.69) is 21.6 Å². The highest BCUT2D eigenvalue weighted by atomic mass is 32.2. The molecular formula is C15H26N2O5S. The van der Waals surface area contributed by atoms with Crippen molar-refractivity contribution < 1.29 is 23.6 Å². The number of hydrogen-bond acceptors (Lipinski definition) is 5. The molecule has 0 spiro atoms. The molecule has 0 radical (unpaired) electrons. The number of hydrogen-bond donors (Lipinski definition) is 3. The number of aliphatic hydroxyl groups excluding tert-OH is 1. The molecule has 0 heterocycles. The topological polar surface area (TPSA) is 96.9 Å². The van der Waals surface area contributed by atoms with Crippen LogP contribution in [-0.2, 0) is 20.6 Å². The van der Waals surface area contributed by atoms with Crippen LogP contribution in [0.2, 0.25) is 0 Å². The third kappa shape index (κ3) is 6.58. The Morgan fingerprint density at radius 3 is 2.57 bits per heavy atom. The minimum Gasteiger partial charge on any atom is -0.449 e. The van der Waals surface area contributed by atoms with E-state index in [9.17, 15) is 9.00 Å². The summed E-state index contributed by atoms with van der Waals surface area (Å²) in [5.41, 5.74) is 0. The molecular weight excluding hydrogens is 320 g/mol. The lowest BCUT2D eigenvalue weighted by Gasteiger charge is -2.07. The molecule has 1 amide bonds. The first-order chi connectivity index (χ1) is 11.2. The van der Waals surface area contributed by atoms with E-state index in [1.807, 2.05) is 0 Å². The molecule has 0 aromatic rings. The summed E-state index contributed by atoms with van der Waals surface area (Å²) in [5, 5.41) is 8.53. The molecule has 2 rings (SSSR count). The van der Waals surface area contributed by atoms with E-state index in [0.717, 1.165) is 25.7 Å². The Kier molecular flexibility index (Phi) is 8.01. The molecule has 0 saturated heterocycles. The van der Waals surface area contributed by atoms with Crippen LogP contribution in [0.15, 0.2) is 12.2 Å². The number of amides is 1. The predicted octanol–water partition coefficient (Wildman–Crippen LogP) is 0.882. The van der Waals surface area contributed by atoms with Gasteiger partial charge in [-0.2, -0.15) is 0 Å². The average molecular weight is 346 g/mol. The van der Waals surface area contributed by atoms with Gasteiger partial charge in [-0.15, -0.1) is 0 Å². The highest BCUT2D eigenvalue weighted by Gasteiger charge is 2.49. The van der Waals surface area contributed by atoms with E-state index in [4.69, 9.17) is 14.6 Å². The van der Waals surface area contributed by atoms with Gasteiger partial charge in [0.1, 0.15) is 0 Å². The molecule has 0 aromatic heterocycles. The van der Waals surface area contributed by atoms with Crippen LogP contribution in [0.5, 0.6) is 0 Å². The van der Waals surface area contributed by atoms with Gasteiger partial charge in [0, 0.05) is 6.54 Å². The highest BCUT2D eigenvalue weighted by molar-refractivity contribution is 7.81. The molecule has 2 unspecified atom stereocenters. The van der Waals surface area contributed by atoms with Gasteiger partial charge in [-0.25, -0.2) is 18.4 Å². The zero-order valence-corrected chi connectivity index (χ0v) is 14.1. The van der Waals surface area contributed by atoms with Crippen molar-refractivity contribution in [3.05, 3.63) is 12.2 Å². The van der Waals surface area contributed by atoms with Crippen molar-refractivity contribution in [2.75, 3.05) is 33.0 Å². The number of carbonyl (C=O) groups is 1. The van der Waals surface area contributed by atoms with Crippen LogP contribution in [0, 0.1) is 17.8 Å². The number of carbonyl (C=O) groups excluding carboxylic acids is 1. The molecule has 1 fully saturated rings. The fraction of sp³-hybridized carbons (Fsp3) is 0.800. The lowest BCUT2D eigenvalue weighted by molar-refractivity contribution is 0.0962. The van der Waals surface area contributed by atoms with E-state index in [0.29, 0.717) is 37.5 Å². The molecule has 0 aromatic carbocycles. The molecule has 1 saturated carbocycles. The van der Waals surface area contributed by atoms with Crippen LogP contribution in [0.4, 0.5) is 4.79 Å². The van der Waals surface area contributed by atoms with E-state index in [1.54, 1.807) is 0 Å². The number of allylic oxidation sites excluding steroid dienone is 2. The van der Waals surface area contributed by atoms with Crippen LogP contribution < -0.4 is 9.44 Å². The van der Waals surface area contributed by atoms with Crippen LogP contribution in [0.3, 0.4) is 0 Å². The summed E-state index contributed by atoms with van der Waals surface area (Å²) >= 11 is -1.69. The zero-order valence-electron chi connectivity index (χ0n) is 13.2. The van der Waals surface area contributed by atoms with Gasteiger partial charge >= 0.3 is 6.09 Å². The summed E-state index contributed by atoms with van der Waals surface area (Å²) in [4.78, 5) is 11.6. The Bertz CT molecular complexity index is 416. The Labute approximate surface area is 139 Å². The zero-order chi connectivity index (χ0) is 16.5. The molecule has 132 valence electrons. The maximum absolute atomic E-state index is 11.6. The number of nitrogens with one attached hydrogen (secondary N) is 2. The van der Waals surface area contributed by atoms with Gasteiger partial charge in [-0.3, -0.25) is 0 Å². The maximum Gasteiger partial charge on any atom is 0.420 e. The fourth-order valence-electron chi connectivity index (χ4n) is 3.13. The second-order valence-electron chi connectivity index (χ2n) is 5.82. The van der Waals surface area contributed by atoms with Crippen molar-refractivity contribution in [3.63, 3.8) is 0 Å². The summed E-state index contributed by atoms with van der Waals surface area (Å²) < 4.78 is 26.6. The summed E-state index contributed by atoms with van der Waals surface area (Å²) in [7, 11) is 0. The first kappa shape index (κ1) is 18.4. The molecule has 2 aliphatic carbocycles. The summed E-state index contributed by atoms with van der Waals surface area (Å²) in [6.45, 7) is 1.21. The molecule has 0 aliphatic heterocycles. The van der Waals surface area contributed by atoms with Gasteiger partial charge in [0.15, 0.2) is 11.2 Å². The predicted molar refractivity (Wildman–Crippen MR) is 86.6 cm³/mol. The Morgan fingerprint density at radius 2 is 1.91 bits per heavy atom. The molecule has 7 nitrogen and oxygen atoms in total. The van der Waals surface area contributed by atoms with Crippen LogP contribution >= 0.6 is 0 Å². The van der Waals surface area contributed by atoms with E-state index in [1.165, 1.54) is 0 Å². The minimum atomic E-state index is -1.69. The molecule has 0 bridgehead atoms. The standard InChI is InChI=1S/C15H26N2O5S/c18-8-10-21-9-7-16-23(20)17-15(19)22-11-14-12-5-3-1-2-4-6-13(12)14/h1-2,12-14,16,18H,3-11H2,(H,17,19)/b2-1-/t12-,13+,14?,23?. The van der Waals surface area contributed by atoms with Gasteiger partial charge in [0.05, 0.1) is 26.4 Å². The van der Waals surface area contributed by atoms with Crippen LogP contribution in [0.1, 0.15) is 25.7 Å². The Hall–Kier alpha value is -0.960. The van der Waals surface area contributed by atoms with Gasteiger partial charge in [-0.1, -0.05) is 12.2 Å². The quantitative estimate of drug-likeness (QED) is 0.425. The van der Waals surface area contributed by atoms with Gasteiger partial charge < -0.3 is 14.6 Å². The molecule has 23 heavy (non-hydrogen) atoms. The number of fused-ring (bicyclic) bond motifs is 1.